The Morgan fingerprint density at radius 2 is 2.10 bits per heavy atom. The average Bonchev–Trinajstić information content (AvgIpc) is 2.96. The van der Waals surface area contributed by atoms with Gasteiger partial charge in [0.05, 0.1) is 19.1 Å². The van der Waals surface area contributed by atoms with Crippen LogP contribution in [0.3, 0.4) is 0 Å². The summed E-state index contributed by atoms with van der Waals surface area (Å²) in [5.41, 5.74) is 1.08. The average molecular weight is 309 g/mol. The number of hydrogen-bond donors (Lipinski definition) is 1. The molecule has 7 nitrogen and oxygen atoms in total. The number of benzene rings is 1. The van der Waals surface area contributed by atoms with E-state index in [4.69, 9.17) is 9.47 Å². The van der Waals surface area contributed by atoms with E-state index < -0.39 is 4.92 Å². The van der Waals surface area contributed by atoms with Gasteiger partial charge in [-0.3, -0.25) is 10.1 Å². The number of aromatic nitrogens is 1. The van der Waals surface area contributed by atoms with Crippen LogP contribution in [0.2, 0.25) is 0 Å². The molecule has 0 bridgehead atoms. The minimum Gasteiger partial charge on any atom is -0.493 e. The molecule has 0 aliphatic rings. The summed E-state index contributed by atoms with van der Waals surface area (Å²) in [6.07, 6.45) is 2.00. The van der Waals surface area contributed by atoms with E-state index >= 15 is 0 Å². The molecular weight excluding hydrogens is 294 g/mol. The van der Waals surface area contributed by atoms with Gasteiger partial charge in [0.1, 0.15) is 6.20 Å². The normalized spacial score (nSPS) is 10.2. The maximum absolute atomic E-state index is 10.6. The Labute approximate surface area is 125 Å². The second-order valence-corrected chi connectivity index (χ2v) is 5.14. The first kappa shape index (κ1) is 15.0. The molecule has 0 aliphatic carbocycles. The summed E-state index contributed by atoms with van der Waals surface area (Å²) in [5.74, 6) is 1.37. The van der Waals surface area contributed by atoms with E-state index in [1.165, 1.54) is 6.20 Å². The van der Waals surface area contributed by atoms with Gasteiger partial charge in [-0.25, -0.2) is 4.98 Å². The van der Waals surface area contributed by atoms with E-state index in [0.717, 1.165) is 23.3 Å². The molecule has 2 rings (SSSR count). The maximum atomic E-state index is 10.6. The van der Waals surface area contributed by atoms with Gasteiger partial charge >= 0.3 is 5.00 Å². The predicted octanol–water partition coefficient (Wildman–Crippen LogP) is 2.72. The zero-order valence-corrected chi connectivity index (χ0v) is 12.5. The molecule has 0 unspecified atom stereocenters. The Hall–Kier alpha value is -2.35. The molecule has 2 aromatic rings. The second-order valence-electron chi connectivity index (χ2n) is 4.13. The van der Waals surface area contributed by atoms with Gasteiger partial charge in [-0.05, 0) is 35.5 Å². The third-order valence-electron chi connectivity index (χ3n) is 2.81. The van der Waals surface area contributed by atoms with Crippen LogP contribution >= 0.6 is 11.3 Å². The van der Waals surface area contributed by atoms with E-state index in [-0.39, 0.29) is 5.00 Å². The fraction of sp³-hybridized carbons (Fsp3) is 0.308. The first-order valence-electron chi connectivity index (χ1n) is 6.19. The van der Waals surface area contributed by atoms with E-state index in [2.05, 4.69) is 10.3 Å². The van der Waals surface area contributed by atoms with Gasteiger partial charge < -0.3 is 14.8 Å². The summed E-state index contributed by atoms with van der Waals surface area (Å²) in [4.78, 5) is 14.1. The Morgan fingerprint density at radius 1 is 1.33 bits per heavy atom. The number of hydrogen-bond acceptors (Lipinski definition) is 7. The highest BCUT2D eigenvalue weighted by Crippen LogP contribution is 2.28. The lowest BCUT2D eigenvalue weighted by Gasteiger charge is -2.09. The summed E-state index contributed by atoms with van der Waals surface area (Å²) in [6, 6.07) is 5.71. The monoisotopic (exact) mass is 309 g/mol. The molecule has 1 aromatic carbocycles. The summed E-state index contributed by atoms with van der Waals surface area (Å²) in [5, 5.41) is 14.2. The molecule has 0 amide bonds. The molecule has 0 atom stereocenters. The maximum Gasteiger partial charge on any atom is 0.345 e. The predicted molar refractivity (Wildman–Crippen MR) is 80.5 cm³/mol. The number of nitro groups is 1. The molecule has 8 heteroatoms. The smallest absolute Gasteiger partial charge is 0.345 e. The highest BCUT2D eigenvalue weighted by molar-refractivity contribution is 7.18. The lowest BCUT2D eigenvalue weighted by Crippen LogP contribution is -2.04. The number of methoxy groups -OCH3 is 2. The van der Waals surface area contributed by atoms with Gasteiger partial charge in [-0.15, -0.1) is 0 Å². The minimum absolute atomic E-state index is 0.0311. The molecule has 1 N–H and O–H groups in total. The van der Waals surface area contributed by atoms with Crippen LogP contribution in [0.1, 0.15) is 5.56 Å². The quantitative estimate of drug-likeness (QED) is 0.625. The van der Waals surface area contributed by atoms with Crippen molar-refractivity contribution in [2.24, 2.45) is 0 Å². The van der Waals surface area contributed by atoms with E-state index in [0.29, 0.717) is 23.2 Å². The SMILES string of the molecule is COc1ccc(CCNc2ncc([N+](=O)[O-])s2)cc1OC. The zero-order valence-electron chi connectivity index (χ0n) is 11.7. The molecule has 112 valence electrons. The van der Waals surface area contributed by atoms with Crippen molar-refractivity contribution in [2.45, 2.75) is 6.42 Å². The zero-order chi connectivity index (χ0) is 15.2. The highest BCUT2D eigenvalue weighted by Gasteiger charge is 2.11. The van der Waals surface area contributed by atoms with E-state index in [9.17, 15) is 10.1 Å². The number of rotatable bonds is 7. The number of nitrogens with one attached hydrogen (secondary N) is 1. The molecule has 0 spiro atoms. The highest BCUT2D eigenvalue weighted by atomic mass is 32.1. The fourth-order valence-corrected chi connectivity index (χ4v) is 2.44. The summed E-state index contributed by atoms with van der Waals surface area (Å²) in [7, 11) is 3.18. The molecule has 21 heavy (non-hydrogen) atoms. The molecular formula is C13H15N3O4S. The van der Waals surface area contributed by atoms with Crippen molar-refractivity contribution in [1.82, 2.24) is 4.98 Å². The van der Waals surface area contributed by atoms with Gasteiger partial charge in [-0.2, -0.15) is 0 Å². The van der Waals surface area contributed by atoms with Crippen LogP contribution in [0.5, 0.6) is 11.5 Å². The van der Waals surface area contributed by atoms with Crippen LogP contribution in [0, 0.1) is 10.1 Å². The van der Waals surface area contributed by atoms with Crippen LogP contribution in [0.15, 0.2) is 24.4 Å². The lowest BCUT2D eigenvalue weighted by atomic mass is 10.1. The van der Waals surface area contributed by atoms with E-state index in [1.54, 1.807) is 14.2 Å². The first-order valence-corrected chi connectivity index (χ1v) is 7.00. The molecule has 0 saturated carbocycles. The van der Waals surface area contributed by atoms with E-state index in [1.807, 2.05) is 18.2 Å². The Bertz CT molecular complexity index is 630. The first-order chi connectivity index (χ1) is 10.1. The van der Waals surface area contributed by atoms with Crippen LogP contribution in [-0.4, -0.2) is 30.7 Å². The van der Waals surface area contributed by atoms with Crippen molar-refractivity contribution >= 4 is 21.5 Å². The van der Waals surface area contributed by atoms with Crippen LogP contribution in [-0.2, 0) is 6.42 Å². The van der Waals surface area contributed by atoms with Gasteiger partial charge in [-0.1, -0.05) is 6.07 Å². The van der Waals surface area contributed by atoms with Gasteiger partial charge in [0.25, 0.3) is 0 Å². The van der Waals surface area contributed by atoms with Crippen molar-refractivity contribution in [3.63, 3.8) is 0 Å². The molecule has 0 radical (unpaired) electrons. The molecule has 1 heterocycles. The van der Waals surface area contributed by atoms with Gasteiger partial charge in [0.2, 0.25) is 0 Å². The summed E-state index contributed by atoms with van der Waals surface area (Å²) >= 11 is 1.02. The van der Waals surface area contributed by atoms with Crippen LogP contribution in [0.4, 0.5) is 10.1 Å². The van der Waals surface area contributed by atoms with Crippen molar-refractivity contribution in [3.05, 3.63) is 40.1 Å². The third-order valence-corrected chi connectivity index (χ3v) is 3.72. The van der Waals surface area contributed by atoms with Crippen molar-refractivity contribution in [2.75, 3.05) is 26.1 Å². The van der Waals surface area contributed by atoms with Crippen molar-refractivity contribution in [1.29, 1.82) is 0 Å². The Morgan fingerprint density at radius 3 is 2.71 bits per heavy atom. The molecule has 0 saturated heterocycles. The lowest BCUT2D eigenvalue weighted by molar-refractivity contribution is -0.380. The third kappa shape index (κ3) is 3.82. The number of ether oxygens (including phenoxy) is 2. The summed E-state index contributed by atoms with van der Waals surface area (Å²) < 4.78 is 10.4. The number of anilines is 1. The second kappa shape index (κ2) is 6.89. The number of nitrogens with zero attached hydrogens (tertiary/aromatic N) is 2. The van der Waals surface area contributed by atoms with Crippen LogP contribution in [0.25, 0.3) is 0 Å². The van der Waals surface area contributed by atoms with Gasteiger partial charge in [0.15, 0.2) is 16.6 Å². The molecule has 0 fully saturated rings. The van der Waals surface area contributed by atoms with Crippen molar-refractivity contribution < 1.29 is 14.4 Å². The largest absolute Gasteiger partial charge is 0.493 e. The standard InChI is InChI=1S/C13H15N3O4S/c1-19-10-4-3-9(7-11(10)20-2)5-6-14-13-15-8-12(21-13)16(17)18/h3-4,7-8H,5-6H2,1-2H3,(H,14,15). The Balaban J connectivity index is 1.92. The fourth-order valence-electron chi connectivity index (χ4n) is 1.78. The summed E-state index contributed by atoms with van der Waals surface area (Å²) in [6.45, 7) is 0.625. The minimum atomic E-state index is -0.447. The van der Waals surface area contributed by atoms with Crippen LogP contribution < -0.4 is 14.8 Å². The molecule has 1 aromatic heterocycles. The topological polar surface area (TPSA) is 86.5 Å². The molecule has 0 aliphatic heterocycles. The van der Waals surface area contributed by atoms with Gasteiger partial charge in [0, 0.05) is 6.54 Å². The number of thiazole rings is 1. The Kier molecular flexibility index (Phi) is 4.94. The van der Waals surface area contributed by atoms with Crippen molar-refractivity contribution in [3.8, 4) is 11.5 Å².